The predicted molar refractivity (Wildman–Crippen MR) is 228 cm³/mol. The largest absolute Gasteiger partial charge is 0.778 e. The number of alkyl carbamates (subject to hydrolysis) is 1. The molecule has 1 unspecified atom stereocenters. The van der Waals surface area contributed by atoms with E-state index in [0.717, 1.165) is 38.5 Å². The predicted octanol–water partition coefficient (Wildman–Crippen LogP) is 12.7. The second-order valence-electron chi connectivity index (χ2n) is 15.9. The van der Waals surface area contributed by atoms with Gasteiger partial charge in [0, 0.05) is 25.5 Å². The number of nitrogens with one attached hydrogen (secondary N) is 1. The molecular weight excluding hydrogens is 729 g/mol. The molecule has 56 heavy (non-hydrogen) atoms. The molecule has 0 heterocycles. The third-order valence-corrected chi connectivity index (χ3v) is 11.6. The first-order valence-corrected chi connectivity index (χ1v) is 25.2. The van der Waals surface area contributed by atoms with Crippen LogP contribution in [0.2, 0.25) is 0 Å². The second kappa shape index (κ2) is 41.5. The molecule has 1 N–H and O–H groups in total. The second-order valence-corrected chi connectivity index (χ2v) is 17.8. The summed E-state index contributed by atoms with van der Waals surface area (Å²) < 4.78 is 33.5. The summed E-state index contributed by atoms with van der Waals surface area (Å²) in [6.07, 6.45) is 36.0. The van der Waals surface area contributed by atoms with Crippen molar-refractivity contribution < 1.29 is 42.6 Å². The van der Waals surface area contributed by atoms with Crippen LogP contribution in [-0.4, -0.2) is 56.7 Å². The number of hydrogen-bond donors (Lipinski definition) is 1. The fourth-order valence-electron chi connectivity index (χ4n) is 6.70. The number of rotatable bonds is 43. The molecule has 332 valence electrons. The van der Waals surface area contributed by atoms with Crippen molar-refractivity contribution in [2.45, 2.75) is 239 Å². The summed E-state index contributed by atoms with van der Waals surface area (Å²) >= 11 is 0. The molecule has 0 aromatic carbocycles. The quantitative estimate of drug-likeness (QED) is 0.0275. The van der Waals surface area contributed by atoms with Gasteiger partial charge in [-0.15, -0.1) is 0 Å². The topological polar surface area (TPSA) is 140 Å². The molecule has 0 aliphatic rings. The summed E-state index contributed by atoms with van der Waals surface area (Å²) in [5, 5.41) is 2.38. The molecule has 0 spiro atoms. The molecule has 0 bridgehead atoms. The maximum atomic E-state index is 12.7. The minimum atomic E-state index is -4.37. The zero-order valence-electron chi connectivity index (χ0n) is 36.6. The first-order chi connectivity index (χ1) is 27.2. The van der Waals surface area contributed by atoms with Crippen molar-refractivity contribution in [3.05, 3.63) is 0 Å². The number of esters is 2. The van der Waals surface area contributed by atoms with Gasteiger partial charge in [0.05, 0.1) is 13.2 Å². The van der Waals surface area contributed by atoms with Crippen LogP contribution in [0, 0.1) is 0 Å². The highest BCUT2D eigenvalue weighted by molar-refractivity contribution is 7.51. The van der Waals surface area contributed by atoms with E-state index in [4.69, 9.17) is 18.7 Å². The highest BCUT2D eigenvalue weighted by Gasteiger charge is 2.21. The van der Waals surface area contributed by atoms with Gasteiger partial charge in [0.25, 0.3) is 0 Å². The van der Waals surface area contributed by atoms with Gasteiger partial charge in [-0.2, -0.15) is 0 Å². The summed E-state index contributed by atoms with van der Waals surface area (Å²) in [6.45, 7) is 5.69. The highest BCUT2D eigenvalue weighted by atomic mass is 31.2. The first-order valence-electron chi connectivity index (χ1n) is 23.4. The number of unbranched alkanes of at least 4 members (excludes halogenated alkanes) is 28. The number of carbonyl (C=O) groups is 3. The molecule has 0 saturated heterocycles. The van der Waals surface area contributed by atoms with Gasteiger partial charge in [0.1, 0.15) is 14.2 Å². The fourth-order valence-corrected chi connectivity index (χ4v) is 7.61. The van der Waals surface area contributed by atoms with Crippen LogP contribution >= 0.6 is 7.60 Å². The van der Waals surface area contributed by atoms with Crippen LogP contribution in [0.1, 0.15) is 233 Å². The van der Waals surface area contributed by atoms with Crippen LogP contribution in [0.15, 0.2) is 0 Å². The monoisotopic (exact) mass is 817 g/mol. The smallest absolute Gasteiger partial charge is 0.407 e. The van der Waals surface area contributed by atoms with Gasteiger partial charge in [0.2, 0.25) is 0 Å². The Morgan fingerprint density at radius 1 is 0.500 bits per heavy atom. The van der Waals surface area contributed by atoms with E-state index in [1.54, 1.807) is 0 Å². The number of carbonyl (C=O) groups excluding carboxylic acids is 3. The van der Waals surface area contributed by atoms with Crippen molar-refractivity contribution in [3.8, 4) is 0 Å². The highest BCUT2D eigenvalue weighted by Crippen LogP contribution is 2.36. The van der Waals surface area contributed by atoms with E-state index in [1.165, 1.54) is 148 Å². The van der Waals surface area contributed by atoms with Crippen LogP contribution in [0.3, 0.4) is 0 Å². The minimum Gasteiger partial charge on any atom is -0.778 e. The summed E-state index contributed by atoms with van der Waals surface area (Å²) in [4.78, 5) is 49.3. The molecule has 0 saturated carbocycles. The average molecular weight is 817 g/mol. The Hall–Kier alpha value is -1.64. The van der Waals surface area contributed by atoms with Crippen molar-refractivity contribution >= 4 is 25.6 Å². The molecule has 10 nitrogen and oxygen atoms in total. The van der Waals surface area contributed by atoms with Crippen LogP contribution in [0.4, 0.5) is 4.79 Å². The maximum absolute atomic E-state index is 12.7. The number of hydrogen-bond acceptors (Lipinski definition) is 9. The zero-order valence-corrected chi connectivity index (χ0v) is 37.5. The van der Waals surface area contributed by atoms with E-state index in [0.29, 0.717) is 12.8 Å². The molecule has 1 amide bonds. The van der Waals surface area contributed by atoms with Gasteiger partial charge in [-0.05, 0) is 19.3 Å². The summed E-state index contributed by atoms with van der Waals surface area (Å²) in [7, 11) is -4.37. The van der Waals surface area contributed by atoms with Crippen LogP contribution in [0.25, 0.3) is 0 Å². The Labute approximate surface area is 344 Å². The van der Waals surface area contributed by atoms with E-state index in [2.05, 4.69) is 19.2 Å². The molecule has 0 aliphatic heterocycles. The lowest BCUT2D eigenvalue weighted by Crippen LogP contribution is -2.32. The van der Waals surface area contributed by atoms with Gasteiger partial charge in [-0.3, -0.25) is 9.59 Å². The molecule has 2 atom stereocenters. The van der Waals surface area contributed by atoms with Gasteiger partial charge < -0.3 is 33.5 Å². The van der Waals surface area contributed by atoms with Crippen molar-refractivity contribution in [3.63, 3.8) is 0 Å². The lowest BCUT2D eigenvalue weighted by atomic mass is 10.0. The Kier molecular flexibility index (Phi) is 40.3. The standard InChI is InChI=1S/C45H88NO9P/c1-4-7-9-11-13-15-17-19-21-23-25-27-29-31-33-35-43(47)53-40-42(41-54-56(50,51)39-37-46-45(49)52-38-6-3)55-44(48)36-34-32-30-28-26-24-22-20-18-16-14-12-10-8-5-2/h42H,4-41H2,1-3H3,(H,46,49)(H,50,51)/p-1/t42-/m1/s1. The molecule has 0 fully saturated rings. The molecule has 0 aromatic heterocycles. The summed E-state index contributed by atoms with van der Waals surface area (Å²) in [6, 6.07) is 0. The van der Waals surface area contributed by atoms with E-state index in [9.17, 15) is 23.8 Å². The van der Waals surface area contributed by atoms with Crippen LogP contribution in [0.5, 0.6) is 0 Å². The fraction of sp³-hybridized carbons (Fsp3) is 0.933. The van der Waals surface area contributed by atoms with Crippen LogP contribution < -0.4 is 10.2 Å². The molecule has 0 radical (unpaired) electrons. The Balaban J connectivity index is 4.37. The lowest BCUT2D eigenvalue weighted by Gasteiger charge is -2.26. The third-order valence-electron chi connectivity index (χ3n) is 10.2. The zero-order chi connectivity index (χ0) is 41.2. The number of amides is 1. The molecular formula is C45H87NO9P-. The van der Waals surface area contributed by atoms with E-state index >= 15 is 0 Å². The summed E-state index contributed by atoms with van der Waals surface area (Å²) in [5.74, 6) is -0.865. The van der Waals surface area contributed by atoms with Crippen LogP contribution in [-0.2, 0) is 32.9 Å². The molecule has 0 aromatic rings. The van der Waals surface area contributed by atoms with Gasteiger partial charge in [-0.1, -0.05) is 201 Å². The molecule has 11 heteroatoms. The van der Waals surface area contributed by atoms with Crippen molar-refractivity contribution in [1.29, 1.82) is 0 Å². The van der Waals surface area contributed by atoms with Crippen molar-refractivity contribution in [2.75, 3.05) is 32.5 Å². The maximum Gasteiger partial charge on any atom is 0.407 e. The summed E-state index contributed by atoms with van der Waals surface area (Å²) in [5.41, 5.74) is 0. The van der Waals surface area contributed by atoms with E-state index in [1.807, 2.05) is 6.92 Å². The average Bonchev–Trinajstić information content (AvgIpc) is 3.18. The molecule has 0 rings (SSSR count). The molecule has 0 aliphatic carbocycles. The Morgan fingerprint density at radius 2 is 0.875 bits per heavy atom. The van der Waals surface area contributed by atoms with Crippen molar-refractivity contribution in [1.82, 2.24) is 5.32 Å². The van der Waals surface area contributed by atoms with Gasteiger partial charge >= 0.3 is 18.0 Å². The Bertz CT molecular complexity index is 951. The lowest BCUT2D eigenvalue weighted by molar-refractivity contribution is -0.202. The van der Waals surface area contributed by atoms with E-state index in [-0.39, 0.29) is 32.6 Å². The van der Waals surface area contributed by atoms with Gasteiger partial charge in [-0.25, -0.2) is 4.79 Å². The third kappa shape index (κ3) is 40.6. The SMILES string of the molecule is CCCCCCCCCCCCCCCCCC(=O)OC[C@H](COP(=O)([O-])CCNC(=O)OCCC)OC(=O)CCCCCCCCCCCCCCCCC. The van der Waals surface area contributed by atoms with Crippen molar-refractivity contribution in [2.24, 2.45) is 0 Å². The Morgan fingerprint density at radius 3 is 1.27 bits per heavy atom. The minimum absolute atomic E-state index is 0.179. The van der Waals surface area contributed by atoms with E-state index < -0.39 is 44.5 Å². The first kappa shape index (κ1) is 54.4. The normalized spacial score (nSPS) is 12.9. The van der Waals surface area contributed by atoms with Gasteiger partial charge in [0.15, 0.2) is 6.10 Å². The number of ether oxygens (including phenoxy) is 3.